The predicted molar refractivity (Wildman–Crippen MR) is 110 cm³/mol. The van der Waals surface area contributed by atoms with Crippen LogP contribution in [0, 0.1) is 6.92 Å². The molecule has 0 radical (unpaired) electrons. The van der Waals surface area contributed by atoms with Gasteiger partial charge in [-0.25, -0.2) is 0 Å². The van der Waals surface area contributed by atoms with Crippen LogP contribution in [0.2, 0.25) is 0 Å². The summed E-state index contributed by atoms with van der Waals surface area (Å²) in [6.07, 6.45) is 4.76. The van der Waals surface area contributed by atoms with E-state index < -0.39 is 0 Å². The Bertz CT molecular complexity index is 1010. The van der Waals surface area contributed by atoms with Crippen LogP contribution in [0.5, 0.6) is 0 Å². The Morgan fingerprint density at radius 2 is 1.69 bits per heavy atom. The first-order valence-electron chi connectivity index (χ1n) is 10.2. The highest BCUT2D eigenvalue weighted by Crippen LogP contribution is 2.40. The lowest BCUT2D eigenvalue weighted by Crippen LogP contribution is -2.52. The van der Waals surface area contributed by atoms with Gasteiger partial charge in [-0.3, -0.25) is 15.0 Å². The Hall–Kier alpha value is -2.99. The minimum Gasteiger partial charge on any atom is -0.340 e. The van der Waals surface area contributed by atoms with Crippen LogP contribution in [-0.4, -0.2) is 22.6 Å². The number of nitrogens with one attached hydrogen (secondary N) is 1. The van der Waals surface area contributed by atoms with Gasteiger partial charge in [0.05, 0.1) is 23.5 Å². The second kappa shape index (κ2) is 7.12. The summed E-state index contributed by atoms with van der Waals surface area (Å²) in [5.74, 6) is 1.23. The molecule has 6 heteroatoms. The number of nitrogens with zero attached hydrogens (tertiary/aromatic N) is 3. The lowest BCUT2D eigenvalue weighted by atomic mass is 9.76. The highest BCUT2D eigenvalue weighted by atomic mass is 16.5. The van der Waals surface area contributed by atoms with E-state index in [1.165, 1.54) is 11.1 Å². The number of carbonyl (C=O) groups excluding carboxylic acids is 1. The quantitative estimate of drug-likeness (QED) is 0.736. The molecule has 148 valence electrons. The van der Waals surface area contributed by atoms with E-state index in [-0.39, 0.29) is 18.0 Å². The maximum Gasteiger partial charge on any atom is 0.245 e. The molecular formula is C23H24N4O2. The standard InChI is InChI=1S/C23H24N4O2/c1-16-25-22(26-29-16)23(13-6-14-23)24-15-21(28)27-19-9-4-2-7-17(19)11-12-18-8-3-5-10-20(18)27/h2-5,7-10,24H,6,11-15H2,1H3. The Morgan fingerprint density at radius 1 is 1.07 bits per heavy atom. The molecule has 1 aromatic heterocycles. The molecule has 1 aliphatic heterocycles. The molecule has 0 atom stereocenters. The number of rotatable bonds is 4. The molecular weight excluding hydrogens is 364 g/mol. The maximum absolute atomic E-state index is 13.5. The number of hydrogen-bond donors (Lipinski definition) is 1. The number of fused-ring (bicyclic) bond motifs is 2. The Morgan fingerprint density at radius 3 is 2.21 bits per heavy atom. The van der Waals surface area contributed by atoms with Gasteiger partial charge in [0.25, 0.3) is 0 Å². The molecule has 1 N–H and O–H groups in total. The summed E-state index contributed by atoms with van der Waals surface area (Å²) in [5.41, 5.74) is 3.98. The molecule has 0 bridgehead atoms. The average Bonchev–Trinajstić information content (AvgIpc) is 3.06. The molecule has 1 amide bonds. The summed E-state index contributed by atoms with van der Waals surface area (Å²) in [6.45, 7) is 2.01. The molecule has 0 unspecified atom stereocenters. The van der Waals surface area contributed by atoms with E-state index in [2.05, 4.69) is 27.6 Å². The molecule has 1 saturated carbocycles. The zero-order chi connectivity index (χ0) is 19.8. The maximum atomic E-state index is 13.5. The van der Waals surface area contributed by atoms with Crippen LogP contribution in [-0.2, 0) is 23.2 Å². The topological polar surface area (TPSA) is 71.3 Å². The number of anilines is 2. The van der Waals surface area contributed by atoms with E-state index in [9.17, 15) is 4.79 Å². The fraction of sp³-hybridized carbons (Fsp3) is 0.348. The van der Waals surface area contributed by atoms with Crippen LogP contribution in [0.1, 0.15) is 42.1 Å². The van der Waals surface area contributed by atoms with Gasteiger partial charge in [0.1, 0.15) is 0 Å². The molecule has 2 aliphatic rings. The van der Waals surface area contributed by atoms with Crippen molar-refractivity contribution >= 4 is 17.3 Å². The zero-order valence-electron chi connectivity index (χ0n) is 16.5. The van der Waals surface area contributed by atoms with Crippen LogP contribution in [0.15, 0.2) is 53.1 Å². The van der Waals surface area contributed by atoms with Crippen molar-refractivity contribution in [1.29, 1.82) is 0 Å². The van der Waals surface area contributed by atoms with Crippen LogP contribution in [0.25, 0.3) is 0 Å². The fourth-order valence-corrected chi connectivity index (χ4v) is 4.38. The lowest BCUT2D eigenvalue weighted by molar-refractivity contribution is -0.117. The summed E-state index contributed by atoms with van der Waals surface area (Å²) in [7, 11) is 0. The average molecular weight is 388 g/mol. The van der Waals surface area contributed by atoms with Crippen molar-refractivity contribution in [1.82, 2.24) is 15.5 Å². The van der Waals surface area contributed by atoms with Gasteiger partial charge < -0.3 is 4.52 Å². The van der Waals surface area contributed by atoms with E-state index in [4.69, 9.17) is 4.52 Å². The molecule has 6 nitrogen and oxygen atoms in total. The van der Waals surface area contributed by atoms with Crippen molar-refractivity contribution in [2.45, 2.75) is 44.6 Å². The van der Waals surface area contributed by atoms with Crippen molar-refractivity contribution in [2.75, 3.05) is 11.4 Å². The van der Waals surface area contributed by atoms with Gasteiger partial charge in [0.15, 0.2) is 5.82 Å². The molecule has 1 aliphatic carbocycles. The van der Waals surface area contributed by atoms with E-state index in [0.717, 1.165) is 43.5 Å². The number of carbonyl (C=O) groups is 1. The summed E-state index contributed by atoms with van der Waals surface area (Å²) in [4.78, 5) is 19.8. The van der Waals surface area contributed by atoms with Gasteiger partial charge in [-0.1, -0.05) is 41.6 Å². The first-order valence-corrected chi connectivity index (χ1v) is 10.2. The number of para-hydroxylation sites is 2. The molecule has 5 rings (SSSR count). The SMILES string of the molecule is Cc1nc(C2(NCC(=O)N3c4ccccc4CCc4ccccc43)CCC2)no1. The highest BCUT2D eigenvalue weighted by Gasteiger charge is 2.43. The fourth-order valence-electron chi connectivity index (χ4n) is 4.38. The van der Waals surface area contributed by atoms with Crippen LogP contribution in [0.3, 0.4) is 0 Å². The van der Waals surface area contributed by atoms with E-state index in [1.54, 1.807) is 6.92 Å². The molecule has 2 heterocycles. The number of amides is 1. The van der Waals surface area contributed by atoms with Gasteiger partial charge in [-0.05, 0) is 55.4 Å². The van der Waals surface area contributed by atoms with Gasteiger partial charge in [0.2, 0.25) is 11.8 Å². The third-order valence-corrected chi connectivity index (χ3v) is 6.12. The minimum atomic E-state index is -0.363. The highest BCUT2D eigenvalue weighted by molar-refractivity contribution is 6.03. The van der Waals surface area contributed by atoms with E-state index >= 15 is 0 Å². The first-order chi connectivity index (χ1) is 14.2. The van der Waals surface area contributed by atoms with Crippen LogP contribution < -0.4 is 10.2 Å². The molecule has 0 saturated heterocycles. The third kappa shape index (κ3) is 3.13. The second-order valence-electron chi connectivity index (χ2n) is 7.91. The summed E-state index contributed by atoms with van der Waals surface area (Å²) >= 11 is 0. The zero-order valence-corrected chi connectivity index (χ0v) is 16.5. The van der Waals surface area contributed by atoms with Crippen molar-refractivity contribution < 1.29 is 9.32 Å². The van der Waals surface area contributed by atoms with Crippen molar-refractivity contribution in [2.24, 2.45) is 0 Å². The van der Waals surface area contributed by atoms with Crippen molar-refractivity contribution in [3.63, 3.8) is 0 Å². The number of benzene rings is 2. The number of aryl methyl sites for hydroxylation is 3. The second-order valence-corrected chi connectivity index (χ2v) is 7.91. The minimum absolute atomic E-state index is 0.0262. The monoisotopic (exact) mass is 388 g/mol. The normalized spacial score (nSPS) is 17.1. The van der Waals surface area contributed by atoms with E-state index in [0.29, 0.717) is 11.7 Å². The van der Waals surface area contributed by atoms with Crippen LogP contribution in [0.4, 0.5) is 11.4 Å². The summed E-state index contributed by atoms with van der Waals surface area (Å²) in [6, 6.07) is 16.4. The van der Waals surface area contributed by atoms with Gasteiger partial charge in [-0.2, -0.15) is 4.98 Å². The van der Waals surface area contributed by atoms with E-state index in [1.807, 2.05) is 41.3 Å². The first kappa shape index (κ1) is 18.1. The van der Waals surface area contributed by atoms with Gasteiger partial charge in [-0.15, -0.1) is 0 Å². The smallest absolute Gasteiger partial charge is 0.245 e. The molecule has 2 aromatic carbocycles. The summed E-state index contributed by atoms with van der Waals surface area (Å²) < 4.78 is 5.18. The molecule has 29 heavy (non-hydrogen) atoms. The molecule has 3 aromatic rings. The Labute approximate surface area is 169 Å². The molecule has 0 spiro atoms. The van der Waals surface area contributed by atoms with Crippen LogP contribution >= 0.6 is 0 Å². The van der Waals surface area contributed by atoms with Gasteiger partial charge in [0, 0.05) is 6.92 Å². The van der Waals surface area contributed by atoms with Crippen molar-refractivity contribution in [3.05, 3.63) is 71.4 Å². The number of aromatic nitrogens is 2. The Kier molecular flexibility index (Phi) is 4.43. The lowest BCUT2D eigenvalue weighted by Gasteiger charge is -2.40. The summed E-state index contributed by atoms with van der Waals surface area (Å²) in [5, 5.41) is 7.58. The third-order valence-electron chi connectivity index (χ3n) is 6.12. The predicted octanol–water partition coefficient (Wildman–Crippen LogP) is 3.81. The van der Waals surface area contributed by atoms with Gasteiger partial charge >= 0.3 is 0 Å². The molecule has 1 fully saturated rings. The van der Waals surface area contributed by atoms with Crippen molar-refractivity contribution in [3.8, 4) is 0 Å². The Balaban J connectivity index is 1.45. The number of hydrogen-bond acceptors (Lipinski definition) is 5. The largest absolute Gasteiger partial charge is 0.340 e.